The van der Waals surface area contributed by atoms with Gasteiger partial charge in [-0.3, -0.25) is 0 Å². The van der Waals surface area contributed by atoms with Crippen LogP contribution in [0.2, 0.25) is 0 Å². The molecule has 0 unspecified atom stereocenters. The molecule has 5 atom stereocenters. The van der Waals surface area contributed by atoms with Crippen molar-refractivity contribution < 1.29 is 32.3 Å². The summed E-state index contributed by atoms with van der Waals surface area (Å²) in [6.45, 7) is 13.1. The van der Waals surface area contributed by atoms with E-state index in [4.69, 9.17) is 4.74 Å². The van der Waals surface area contributed by atoms with Gasteiger partial charge in [0.05, 0.1) is 0 Å². The molecule has 5 rings (SSSR count). The van der Waals surface area contributed by atoms with Gasteiger partial charge in [-0.1, -0.05) is 6.07 Å². The van der Waals surface area contributed by atoms with E-state index in [-0.39, 0.29) is 19.4 Å². The van der Waals surface area contributed by atoms with Crippen molar-refractivity contribution >= 4 is 65.4 Å². The van der Waals surface area contributed by atoms with Gasteiger partial charge in [0.1, 0.15) is 0 Å². The molecule has 1 heterocycles. The fraction of sp³-hybridized carbons (Fsp3) is 0.474. The van der Waals surface area contributed by atoms with Crippen LogP contribution in [-0.4, -0.2) is 85.8 Å². The van der Waals surface area contributed by atoms with E-state index in [9.17, 15) is 27.6 Å². The summed E-state index contributed by atoms with van der Waals surface area (Å²) < 4.78 is 31.6. The normalized spacial score (nSPS) is 24.9. The van der Waals surface area contributed by atoms with E-state index in [1.54, 1.807) is 38.6 Å². The summed E-state index contributed by atoms with van der Waals surface area (Å²) in [6, 6.07) is 17.0. The molecule has 1 saturated heterocycles. The molecule has 3 aliphatic rings. The molecule has 0 radical (unpaired) electrons. The first-order valence-corrected chi connectivity index (χ1v) is 25.2. The minimum atomic E-state index is -3.88. The van der Waals surface area contributed by atoms with E-state index < -0.39 is 90.8 Å². The number of sulfonamides is 1. The van der Waals surface area contributed by atoms with Crippen molar-refractivity contribution in [2.24, 2.45) is 5.92 Å². The van der Waals surface area contributed by atoms with Gasteiger partial charge in [-0.25, -0.2) is 0 Å². The van der Waals surface area contributed by atoms with Crippen molar-refractivity contribution in [3.63, 3.8) is 0 Å². The summed E-state index contributed by atoms with van der Waals surface area (Å²) in [7, 11) is -3.88. The number of alkyl carbamates (subject to hydrolysis) is 1. The Bertz CT molecular complexity index is 1810. The topological polar surface area (TPSA) is 151 Å². The molecule has 4 amide bonds. The van der Waals surface area contributed by atoms with Crippen LogP contribution in [0.5, 0.6) is 0 Å². The van der Waals surface area contributed by atoms with Gasteiger partial charge in [-0.15, -0.1) is 0 Å². The maximum absolute atomic E-state index is 14.7. The molecule has 2 aliphatic carbocycles. The van der Waals surface area contributed by atoms with Gasteiger partial charge in [-0.2, -0.15) is 0 Å². The third-order valence-corrected chi connectivity index (χ3v) is 16.1. The van der Waals surface area contributed by atoms with Crippen LogP contribution in [0.4, 0.5) is 4.79 Å². The number of likely N-dealkylation sites (tertiary alicyclic amines) is 1. The van der Waals surface area contributed by atoms with E-state index in [0.29, 0.717) is 18.6 Å². The second kappa shape index (κ2) is 15.5. The van der Waals surface area contributed by atoms with Gasteiger partial charge in [0, 0.05) is 0 Å². The Labute approximate surface area is 318 Å². The summed E-state index contributed by atoms with van der Waals surface area (Å²) in [5.41, 5.74) is 0.665. The first-order valence-electron chi connectivity index (χ1n) is 17.2. The van der Waals surface area contributed by atoms with Crippen LogP contribution in [0, 0.1) is 5.92 Å². The number of carbonyl (C=O) groups excluding carboxylic acids is 4. The van der Waals surface area contributed by atoms with E-state index in [1.807, 2.05) is 64.5 Å². The molecule has 52 heavy (non-hydrogen) atoms. The molecule has 1 aliphatic heterocycles. The number of alkyl halides is 3. The molecule has 2 saturated carbocycles. The van der Waals surface area contributed by atoms with E-state index in [2.05, 4.69) is 28.5 Å². The zero-order valence-corrected chi connectivity index (χ0v) is 34.1. The Morgan fingerprint density at radius 2 is 1.65 bits per heavy atom. The number of carbonyl (C=O) groups is 4. The van der Waals surface area contributed by atoms with Crippen LogP contribution in [0.25, 0.3) is 11.1 Å². The van der Waals surface area contributed by atoms with Crippen LogP contribution < -0.4 is 15.4 Å². The molecular formula is C38H49IN4O7S2. The van der Waals surface area contributed by atoms with Gasteiger partial charge in [0.15, 0.2) is 0 Å². The molecule has 14 heteroatoms. The standard InChI is InChI=1S/C38H49IN4O7S2/c1-8-21-51-37(28-17-15-26(16-18-28)25-13-11-10-12-14-25)23-30(43(24-37)33(45)31(39(6)7)40-35(47)50-36(3,4)5)32(44)41-38(22-27(38)9-2)34(46)42-52(48,49)29-19-20-29/h8-18,27,29-31H,1-2,19-24H2,3-7H3,(H,40,47)(H,41,44)(H,42,46)/t27-,30+,31-,37+,38-/m1/s1. The van der Waals surface area contributed by atoms with Crippen molar-refractivity contribution in [2.75, 3.05) is 22.2 Å². The van der Waals surface area contributed by atoms with Crippen LogP contribution in [0.15, 0.2) is 79.9 Å². The number of hydrogen-bond donors (Lipinski definition) is 3. The number of thioether (sulfide) groups is 1. The zero-order valence-electron chi connectivity index (χ0n) is 30.3. The average molecular weight is 865 g/mol. The van der Waals surface area contributed by atoms with Crippen LogP contribution in [-0.2, 0) is 33.9 Å². The quantitative estimate of drug-likeness (QED) is 0.0996. The first kappa shape index (κ1) is 39.8. The van der Waals surface area contributed by atoms with Gasteiger partial charge in [0.25, 0.3) is 0 Å². The Kier molecular flexibility index (Phi) is 11.9. The molecule has 11 nitrogen and oxygen atoms in total. The Hall–Kier alpha value is -3.37. The second-order valence-corrected chi connectivity index (χ2v) is 24.0. The van der Waals surface area contributed by atoms with Gasteiger partial charge in [0.2, 0.25) is 0 Å². The number of rotatable bonds is 14. The van der Waals surface area contributed by atoms with Crippen molar-refractivity contribution in [3.8, 4) is 11.1 Å². The number of benzene rings is 2. The number of hydrogen-bond acceptors (Lipinski definition) is 8. The fourth-order valence-corrected chi connectivity index (χ4v) is 11.4. The molecule has 0 bridgehead atoms. The van der Waals surface area contributed by atoms with Gasteiger partial charge < -0.3 is 0 Å². The average Bonchev–Trinajstić information content (AvgIpc) is 4.02. The molecule has 0 aromatic heterocycles. The Morgan fingerprint density at radius 3 is 2.19 bits per heavy atom. The molecular weight excluding hydrogens is 815 g/mol. The van der Waals surface area contributed by atoms with Crippen molar-refractivity contribution in [2.45, 2.75) is 77.7 Å². The summed E-state index contributed by atoms with van der Waals surface area (Å²) in [5.74, 6) is -1.76. The van der Waals surface area contributed by atoms with Crippen LogP contribution >= 0.6 is 31.6 Å². The number of amides is 4. The molecule has 0 spiro atoms. The monoisotopic (exact) mass is 864 g/mol. The zero-order chi connectivity index (χ0) is 38.1. The van der Waals surface area contributed by atoms with Crippen LogP contribution in [0.3, 0.4) is 0 Å². The molecule has 282 valence electrons. The Morgan fingerprint density at radius 1 is 1.02 bits per heavy atom. The predicted molar refractivity (Wildman–Crippen MR) is 215 cm³/mol. The predicted octanol–water partition coefficient (Wildman–Crippen LogP) is 5.36. The van der Waals surface area contributed by atoms with Crippen molar-refractivity contribution in [1.29, 1.82) is 0 Å². The summed E-state index contributed by atoms with van der Waals surface area (Å²) >= 11 is -0.590. The van der Waals surface area contributed by atoms with Crippen LogP contribution in [0.1, 0.15) is 52.0 Å². The van der Waals surface area contributed by atoms with E-state index >= 15 is 0 Å². The van der Waals surface area contributed by atoms with Gasteiger partial charge >= 0.3 is 314 Å². The van der Waals surface area contributed by atoms with E-state index in [1.165, 1.54) is 11.0 Å². The maximum atomic E-state index is 14.7. The number of halogens is 1. The fourth-order valence-electron chi connectivity index (χ4n) is 6.48. The molecule has 3 fully saturated rings. The SMILES string of the molecule is C=CCS[C@@]1(c2ccc(-c3ccccc3)cc2)C[C@@H](C(=O)N[C@]2(C(=O)NS(=O)(=O)C3CC3)C[C@H]2C=C)N(C(=O)[C@@H](NC(=O)OC(C)(C)C)I(C)C)C1. The summed E-state index contributed by atoms with van der Waals surface area (Å²) in [5, 5.41) is 5.06. The Balaban J connectivity index is 1.51. The third kappa shape index (κ3) is 8.87. The first-order chi connectivity index (χ1) is 24.4. The molecule has 2 aromatic rings. The summed E-state index contributed by atoms with van der Waals surface area (Å²) in [6.07, 6.45) is 3.91. The van der Waals surface area contributed by atoms with Gasteiger partial charge in [-0.05, 0) is 0 Å². The third-order valence-electron chi connectivity index (χ3n) is 9.45. The molecule has 2 aromatic carbocycles. The van der Waals surface area contributed by atoms with Crippen molar-refractivity contribution in [1.82, 2.24) is 20.3 Å². The number of nitrogens with zero attached hydrogens (tertiary/aromatic N) is 1. The summed E-state index contributed by atoms with van der Waals surface area (Å²) in [4.78, 5) is 61.2. The molecule has 3 N–H and O–H groups in total. The number of nitrogens with one attached hydrogen (secondary N) is 3. The minimum absolute atomic E-state index is 0.143. The number of ether oxygens (including phenoxy) is 1. The van der Waals surface area contributed by atoms with E-state index in [0.717, 1.165) is 16.7 Å². The van der Waals surface area contributed by atoms with Crippen molar-refractivity contribution in [3.05, 3.63) is 85.5 Å². The second-order valence-electron chi connectivity index (χ2n) is 14.7.